The molecule has 148 valence electrons. The first-order valence-corrected chi connectivity index (χ1v) is 8.11. The van der Waals surface area contributed by atoms with Crippen LogP contribution in [0.15, 0.2) is 36.4 Å². The molecule has 0 aliphatic carbocycles. The van der Waals surface area contributed by atoms with Gasteiger partial charge in [0, 0.05) is 30.3 Å². The van der Waals surface area contributed by atoms with Crippen LogP contribution in [0.1, 0.15) is 12.5 Å². The Hall–Kier alpha value is -3.53. The van der Waals surface area contributed by atoms with Crippen molar-refractivity contribution in [3.8, 4) is 5.75 Å². The van der Waals surface area contributed by atoms with Crippen LogP contribution in [0.5, 0.6) is 5.75 Å². The highest BCUT2D eigenvalue weighted by atomic mass is 19.1. The first kappa shape index (κ1) is 20.8. The minimum Gasteiger partial charge on any atom is -0.490 e. The van der Waals surface area contributed by atoms with Gasteiger partial charge < -0.3 is 20.5 Å². The van der Waals surface area contributed by atoms with Gasteiger partial charge in [0.1, 0.15) is 18.2 Å². The zero-order valence-corrected chi connectivity index (χ0v) is 15.1. The fourth-order valence-corrected chi connectivity index (χ4v) is 2.29. The minimum atomic E-state index is -1.56. The number of aliphatic hydroxyl groups excluding tert-OH is 1. The summed E-state index contributed by atoms with van der Waals surface area (Å²) in [6.07, 6.45) is -1.56. The summed E-state index contributed by atoms with van der Waals surface area (Å²) in [5.74, 6) is -1.89. The van der Waals surface area contributed by atoms with Crippen LogP contribution in [0.2, 0.25) is 0 Å². The number of hydrogen-bond donors (Lipinski definition) is 3. The van der Waals surface area contributed by atoms with Gasteiger partial charge >= 0.3 is 0 Å². The van der Waals surface area contributed by atoms with Gasteiger partial charge in [-0.15, -0.1) is 0 Å². The van der Waals surface area contributed by atoms with Crippen LogP contribution in [0.3, 0.4) is 0 Å². The molecule has 0 aliphatic rings. The Morgan fingerprint density at radius 1 is 1.25 bits per heavy atom. The molecular weight excluding hydrogens is 373 g/mol. The lowest BCUT2D eigenvalue weighted by atomic mass is 10.2. The maximum atomic E-state index is 13.8. The number of nitro groups is 1. The molecule has 0 aromatic heterocycles. The quantitative estimate of drug-likeness (QED) is 0.491. The Bertz CT molecular complexity index is 918. The number of nitrogens with one attached hydrogen (secondary N) is 2. The van der Waals surface area contributed by atoms with Crippen molar-refractivity contribution >= 4 is 28.9 Å². The van der Waals surface area contributed by atoms with Gasteiger partial charge in [-0.3, -0.25) is 19.7 Å². The van der Waals surface area contributed by atoms with Crippen molar-refractivity contribution in [2.24, 2.45) is 0 Å². The molecule has 2 aromatic rings. The number of ether oxygens (including phenoxy) is 1. The lowest BCUT2D eigenvalue weighted by molar-refractivity contribution is -0.385. The SMILES string of the molecule is CC(=O)Nc1ccc(OCC(O)C(=O)Nc2ccc([N+](=O)[O-])c(C)c2)cc1F. The average Bonchev–Trinajstić information content (AvgIpc) is 2.61. The van der Waals surface area contributed by atoms with Gasteiger partial charge in [0.2, 0.25) is 5.91 Å². The molecule has 0 saturated heterocycles. The minimum absolute atomic E-state index is 0.0216. The van der Waals surface area contributed by atoms with Crippen molar-refractivity contribution in [3.63, 3.8) is 0 Å². The number of benzene rings is 2. The molecule has 0 bridgehead atoms. The van der Waals surface area contributed by atoms with Crippen LogP contribution in [-0.4, -0.2) is 34.6 Å². The molecule has 2 rings (SSSR count). The summed E-state index contributed by atoms with van der Waals surface area (Å²) in [4.78, 5) is 33.2. The summed E-state index contributed by atoms with van der Waals surface area (Å²) in [5.41, 5.74) is 0.513. The van der Waals surface area contributed by atoms with Crippen LogP contribution >= 0.6 is 0 Å². The number of carbonyl (C=O) groups excluding carboxylic acids is 2. The molecule has 28 heavy (non-hydrogen) atoms. The van der Waals surface area contributed by atoms with Gasteiger partial charge in [0.15, 0.2) is 6.10 Å². The molecule has 0 heterocycles. The third kappa shape index (κ3) is 5.48. The van der Waals surface area contributed by atoms with E-state index in [9.17, 15) is 29.2 Å². The summed E-state index contributed by atoms with van der Waals surface area (Å²) in [5, 5.41) is 25.4. The first-order valence-electron chi connectivity index (χ1n) is 8.11. The first-order chi connectivity index (χ1) is 13.2. The van der Waals surface area contributed by atoms with E-state index < -0.39 is 35.3 Å². The van der Waals surface area contributed by atoms with Gasteiger partial charge in [-0.05, 0) is 31.2 Å². The Morgan fingerprint density at radius 3 is 2.54 bits per heavy atom. The summed E-state index contributed by atoms with van der Waals surface area (Å²) in [6, 6.07) is 7.66. The van der Waals surface area contributed by atoms with Crippen molar-refractivity contribution < 1.29 is 28.7 Å². The second-order valence-corrected chi connectivity index (χ2v) is 5.90. The third-order valence-electron chi connectivity index (χ3n) is 3.62. The lowest BCUT2D eigenvalue weighted by Gasteiger charge is -2.14. The summed E-state index contributed by atoms with van der Waals surface area (Å²) in [7, 11) is 0. The van der Waals surface area contributed by atoms with E-state index in [1.165, 1.54) is 44.2 Å². The van der Waals surface area contributed by atoms with Crippen LogP contribution in [-0.2, 0) is 9.59 Å². The molecule has 0 saturated carbocycles. The zero-order valence-electron chi connectivity index (χ0n) is 15.1. The summed E-state index contributed by atoms with van der Waals surface area (Å²) in [6.45, 7) is 2.31. The van der Waals surface area contributed by atoms with Crippen molar-refractivity contribution in [1.29, 1.82) is 0 Å². The van der Waals surface area contributed by atoms with Crippen LogP contribution in [0, 0.1) is 22.9 Å². The number of rotatable bonds is 7. The normalized spacial score (nSPS) is 11.4. The molecule has 0 aliphatic heterocycles. The van der Waals surface area contributed by atoms with E-state index in [0.717, 1.165) is 6.07 Å². The molecular formula is C18H18FN3O6. The van der Waals surface area contributed by atoms with E-state index in [-0.39, 0.29) is 22.8 Å². The lowest BCUT2D eigenvalue weighted by Crippen LogP contribution is -2.32. The maximum absolute atomic E-state index is 13.8. The number of aliphatic hydroxyl groups is 1. The van der Waals surface area contributed by atoms with Gasteiger partial charge in [-0.25, -0.2) is 4.39 Å². The smallest absolute Gasteiger partial charge is 0.272 e. The number of anilines is 2. The number of amides is 2. The van der Waals surface area contributed by atoms with Crippen molar-refractivity contribution in [3.05, 3.63) is 57.9 Å². The molecule has 0 radical (unpaired) electrons. The number of nitro benzene ring substituents is 1. The zero-order chi connectivity index (χ0) is 20.8. The fourth-order valence-electron chi connectivity index (χ4n) is 2.29. The number of aryl methyl sites for hydroxylation is 1. The average molecular weight is 391 g/mol. The standard InChI is InChI=1S/C18H18FN3O6/c1-10-7-12(3-6-16(10)22(26)27)21-18(25)17(24)9-28-13-4-5-15(14(19)8-13)20-11(2)23/h3-8,17,24H,9H2,1-2H3,(H,20,23)(H,21,25). The Morgan fingerprint density at radius 2 is 1.96 bits per heavy atom. The number of halogens is 1. The predicted octanol–water partition coefficient (Wildman–Crippen LogP) is 2.38. The van der Waals surface area contributed by atoms with Gasteiger partial charge in [-0.1, -0.05) is 0 Å². The Kier molecular flexibility index (Phi) is 6.61. The molecule has 3 N–H and O–H groups in total. The number of carbonyl (C=O) groups is 2. The van der Waals surface area contributed by atoms with E-state index in [1.54, 1.807) is 0 Å². The number of nitrogens with zero attached hydrogens (tertiary/aromatic N) is 1. The van der Waals surface area contributed by atoms with E-state index in [4.69, 9.17) is 4.74 Å². The highest BCUT2D eigenvalue weighted by molar-refractivity contribution is 5.94. The second-order valence-electron chi connectivity index (χ2n) is 5.90. The van der Waals surface area contributed by atoms with Crippen LogP contribution in [0.25, 0.3) is 0 Å². The van der Waals surface area contributed by atoms with Crippen molar-refractivity contribution in [1.82, 2.24) is 0 Å². The van der Waals surface area contributed by atoms with Crippen LogP contribution in [0.4, 0.5) is 21.5 Å². The molecule has 1 atom stereocenters. The molecule has 9 nitrogen and oxygen atoms in total. The molecule has 1 unspecified atom stereocenters. The maximum Gasteiger partial charge on any atom is 0.272 e. The Balaban J connectivity index is 1.94. The van der Waals surface area contributed by atoms with E-state index in [1.807, 2.05) is 0 Å². The van der Waals surface area contributed by atoms with Gasteiger partial charge in [0.25, 0.3) is 11.6 Å². The Labute approximate surface area is 159 Å². The van der Waals surface area contributed by atoms with Gasteiger partial charge in [-0.2, -0.15) is 0 Å². The van der Waals surface area contributed by atoms with Gasteiger partial charge in [0.05, 0.1) is 10.6 Å². The van der Waals surface area contributed by atoms with Crippen molar-refractivity contribution in [2.75, 3.05) is 17.2 Å². The van der Waals surface area contributed by atoms with E-state index >= 15 is 0 Å². The molecule has 10 heteroatoms. The highest BCUT2D eigenvalue weighted by Gasteiger charge is 2.18. The monoisotopic (exact) mass is 391 g/mol. The predicted molar refractivity (Wildman–Crippen MR) is 98.7 cm³/mol. The van der Waals surface area contributed by atoms with E-state index in [0.29, 0.717) is 5.56 Å². The fraction of sp³-hybridized carbons (Fsp3) is 0.222. The third-order valence-corrected chi connectivity index (χ3v) is 3.62. The van der Waals surface area contributed by atoms with Crippen LogP contribution < -0.4 is 15.4 Å². The second kappa shape index (κ2) is 8.91. The topological polar surface area (TPSA) is 131 Å². The number of hydrogen-bond acceptors (Lipinski definition) is 6. The summed E-state index contributed by atoms with van der Waals surface area (Å²) >= 11 is 0. The highest BCUT2D eigenvalue weighted by Crippen LogP contribution is 2.22. The summed E-state index contributed by atoms with van der Waals surface area (Å²) < 4.78 is 19.0. The molecule has 2 amide bonds. The molecule has 0 fully saturated rings. The molecule has 0 spiro atoms. The largest absolute Gasteiger partial charge is 0.490 e. The van der Waals surface area contributed by atoms with E-state index in [2.05, 4.69) is 10.6 Å². The van der Waals surface area contributed by atoms with Crippen molar-refractivity contribution in [2.45, 2.75) is 20.0 Å². The molecule has 2 aromatic carbocycles.